The lowest BCUT2D eigenvalue weighted by Crippen LogP contribution is -2.49. The second-order valence-corrected chi connectivity index (χ2v) is 2.73. The van der Waals surface area contributed by atoms with Crippen molar-refractivity contribution in [1.29, 1.82) is 0 Å². The van der Waals surface area contributed by atoms with E-state index < -0.39 is 18.3 Å². The second kappa shape index (κ2) is 4.30. The van der Waals surface area contributed by atoms with Gasteiger partial charge in [-0.1, -0.05) is 0 Å². The third-order valence-corrected chi connectivity index (χ3v) is 1.77. The molecule has 1 fully saturated rings. The minimum atomic E-state index is -4.22. The number of nitrogens with one attached hydrogen (secondary N) is 1. The van der Waals surface area contributed by atoms with Crippen molar-refractivity contribution in [2.75, 3.05) is 6.54 Å². The lowest BCUT2D eigenvalue weighted by Gasteiger charge is -2.28. The number of hydrogen-bond acceptors (Lipinski definition) is 2. The Labute approximate surface area is 74.6 Å². The minimum absolute atomic E-state index is 0. The van der Waals surface area contributed by atoms with Gasteiger partial charge in [0.25, 0.3) is 0 Å². The summed E-state index contributed by atoms with van der Waals surface area (Å²) in [5.41, 5.74) is 0. The normalized spacial score (nSPS) is 31.0. The van der Waals surface area contributed by atoms with Crippen molar-refractivity contribution in [2.24, 2.45) is 0 Å². The van der Waals surface area contributed by atoms with Crippen LogP contribution in [0.1, 0.15) is 12.8 Å². The van der Waals surface area contributed by atoms with Crippen LogP contribution in [-0.4, -0.2) is 30.0 Å². The van der Waals surface area contributed by atoms with Crippen molar-refractivity contribution >= 4 is 12.4 Å². The van der Waals surface area contributed by atoms with Gasteiger partial charge in [0.15, 0.2) is 0 Å². The molecule has 0 aliphatic carbocycles. The van der Waals surface area contributed by atoms with E-state index in [1.54, 1.807) is 0 Å². The van der Waals surface area contributed by atoms with Crippen molar-refractivity contribution in [3.63, 3.8) is 0 Å². The van der Waals surface area contributed by atoms with Crippen LogP contribution in [0.15, 0.2) is 0 Å². The average Bonchev–Trinajstić information content (AvgIpc) is 1.86. The Bertz CT molecular complexity index is 141. The van der Waals surface area contributed by atoms with E-state index in [0.29, 0.717) is 6.42 Å². The third-order valence-electron chi connectivity index (χ3n) is 1.77. The van der Waals surface area contributed by atoms with Crippen molar-refractivity contribution < 1.29 is 18.3 Å². The van der Waals surface area contributed by atoms with Crippen molar-refractivity contribution in [3.05, 3.63) is 0 Å². The highest BCUT2D eigenvalue weighted by molar-refractivity contribution is 5.85. The van der Waals surface area contributed by atoms with Crippen molar-refractivity contribution in [3.8, 4) is 0 Å². The van der Waals surface area contributed by atoms with Gasteiger partial charge in [-0.15, -0.1) is 12.4 Å². The molecule has 0 aromatic carbocycles. The van der Waals surface area contributed by atoms with E-state index >= 15 is 0 Å². The van der Waals surface area contributed by atoms with Crippen LogP contribution in [0.25, 0.3) is 0 Å². The minimum Gasteiger partial charge on any atom is -0.393 e. The summed E-state index contributed by atoms with van der Waals surface area (Å²) in [4.78, 5) is 0. The van der Waals surface area contributed by atoms with E-state index in [4.69, 9.17) is 5.11 Å². The second-order valence-electron chi connectivity index (χ2n) is 2.73. The topological polar surface area (TPSA) is 32.3 Å². The number of piperidine rings is 1. The molecule has 1 heterocycles. The number of aliphatic hydroxyl groups is 1. The number of alkyl halides is 3. The summed E-state index contributed by atoms with van der Waals surface area (Å²) in [6, 6.07) is -1.52. The molecule has 0 saturated carbocycles. The van der Waals surface area contributed by atoms with Gasteiger partial charge in [0.05, 0.1) is 6.10 Å². The zero-order valence-electron chi connectivity index (χ0n) is 6.27. The lowest BCUT2D eigenvalue weighted by molar-refractivity contribution is -0.167. The zero-order valence-corrected chi connectivity index (χ0v) is 7.08. The Morgan fingerprint density at radius 2 is 1.92 bits per heavy atom. The molecule has 2 atom stereocenters. The maximum absolute atomic E-state index is 11.9. The molecule has 1 rings (SSSR count). The quantitative estimate of drug-likeness (QED) is 0.621. The maximum Gasteiger partial charge on any atom is 0.403 e. The molecule has 1 saturated heterocycles. The molecule has 2 N–H and O–H groups in total. The summed E-state index contributed by atoms with van der Waals surface area (Å²) in [6.45, 7) is 0.241. The van der Waals surface area contributed by atoms with Crippen LogP contribution in [0.4, 0.5) is 13.2 Å². The van der Waals surface area contributed by atoms with E-state index in [9.17, 15) is 13.2 Å². The molecule has 0 aromatic rings. The van der Waals surface area contributed by atoms with Crippen LogP contribution >= 0.6 is 12.4 Å². The standard InChI is InChI=1S/C6H10F3NO.ClH/c7-6(8,9)5-3-4(11)1-2-10-5;/h4-5,10-11H,1-3H2;1H/t4-,5-;/m0./s1. The van der Waals surface area contributed by atoms with Gasteiger partial charge in [-0.3, -0.25) is 0 Å². The summed E-state index contributed by atoms with van der Waals surface area (Å²) in [7, 11) is 0. The SMILES string of the molecule is Cl.O[C@H]1CCN[C@H](C(F)(F)F)C1. The monoisotopic (exact) mass is 205 g/mol. The van der Waals surface area contributed by atoms with Gasteiger partial charge in [0.2, 0.25) is 0 Å². The first-order chi connectivity index (χ1) is 5.00. The Balaban J connectivity index is 0.00000121. The fraction of sp³-hybridized carbons (Fsp3) is 1.00. The van der Waals surface area contributed by atoms with Crippen LogP contribution in [-0.2, 0) is 0 Å². The summed E-state index contributed by atoms with van der Waals surface area (Å²) in [5.74, 6) is 0. The van der Waals surface area contributed by atoms with Gasteiger partial charge < -0.3 is 10.4 Å². The Hall–Kier alpha value is -0.0000000000000000555. The first-order valence-corrected chi connectivity index (χ1v) is 3.48. The van der Waals surface area contributed by atoms with Gasteiger partial charge in [-0.2, -0.15) is 13.2 Å². The number of aliphatic hydroxyl groups excluding tert-OH is 1. The molecular weight excluding hydrogens is 195 g/mol. The summed E-state index contributed by atoms with van der Waals surface area (Å²) in [6.07, 6.45) is -4.83. The van der Waals surface area contributed by atoms with Crippen LogP contribution in [0, 0.1) is 0 Å². The van der Waals surface area contributed by atoms with Gasteiger partial charge in [-0.05, 0) is 19.4 Å². The molecular formula is C6H11ClF3NO. The lowest BCUT2D eigenvalue weighted by atomic mass is 10.0. The van der Waals surface area contributed by atoms with Crippen molar-refractivity contribution in [2.45, 2.75) is 31.2 Å². The van der Waals surface area contributed by atoms with E-state index in [0.717, 1.165) is 0 Å². The molecule has 0 amide bonds. The molecule has 1 aliphatic heterocycles. The average molecular weight is 206 g/mol. The van der Waals surface area contributed by atoms with Crippen LogP contribution in [0.5, 0.6) is 0 Å². The van der Waals surface area contributed by atoms with E-state index in [2.05, 4.69) is 5.32 Å². The smallest absolute Gasteiger partial charge is 0.393 e. The highest BCUT2D eigenvalue weighted by Crippen LogP contribution is 2.25. The molecule has 12 heavy (non-hydrogen) atoms. The van der Waals surface area contributed by atoms with Gasteiger partial charge >= 0.3 is 6.18 Å². The molecule has 0 unspecified atom stereocenters. The van der Waals surface area contributed by atoms with Gasteiger partial charge in [0, 0.05) is 0 Å². The summed E-state index contributed by atoms with van der Waals surface area (Å²) < 4.78 is 35.8. The first-order valence-electron chi connectivity index (χ1n) is 3.48. The van der Waals surface area contributed by atoms with E-state index in [1.165, 1.54) is 0 Å². The van der Waals surface area contributed by atoms with Gasteiger partial charge in [0.1, 0.15) is 6.04 Å². The molecule has 6 heteroatoms. The molecule has 1 aliphatic rings. The highest BCUT2D eigenvalue weighted by atomic mass is 35.5. The Morgan fingerprint density at radius 3 is 2.25 bits per heavy atom. The number of rotatable bonds is 0. The largest absolute Gasteiger partial charge is 0.403 e. The molecule has 0 radical (unpaired) electrons. The van der Waals surface area contributed by atoms with Crippen LogP contribution in [0.2, 0.25) is 0 Å². The zero-order chi connectivity index (χ0) is 8.48. The fourth-order valence-electron chi connectivity index (χ4n) is 1.15. The summed E-state index contributed by atoms with van der Waals surface area (Å²) in [5, 5.41) is 11.2. The van der Waals surface area contributed by atoms with Crippen LogP contribution in [0.3, 0.4) is 0 Å². The molecule has 0 spiro atoms. The number of hydrogen-bond donors (Lipinski definition) is 2. The molecule has 0 aromatic heterocycles. The van der Waals surface area contributed by atoms with Crippen molar-refractivity contribution in [1.82, 2.24) is 5.32 Å². The van der Waals surface area contributed by atoms with E-state index in [-0.39, 0.29) is 25.4 Å². The predicted molar refractivity (Wildman–Crippen MR) is 40.3 cm³/mol. The fourth-order valence-corrected chi connectivity index (χ4v) is 1.15. The Kier molecular flexibility index (Phi) is 4.30. The molecule has 74 valence electrons. The predicted octanol–water partition coefficient (Wildman–Crippen LogP) is 1.08. The molecule has 0 bridgehead atoms. The maximum atomic E-state index is 11.9. The van der Waals surface area contributed by atoms with Gasteiger partial charge in [-0.25, -0.2) is 0 Å². The Morgan fingerprint density at radius 1 is 1.33 bits per heavy atom. The highest BCUT2D eigenvalue weighted by Gasteiger charge is 2.41. The van der Waals surface area contributed by atoms with Crippen LogP contribution < -0.4 is 5.32 Å². The summed E-state index contributed by atoms with van der Waals surface area (Å²) >= 11 is 0. The first kappa shape index (κ1) is 12.0. The molecule has 2 nitrogen and oxygen atoms in total. The third kappa shape index (κ3) is 3.16. The van der Waals surface area contributed by atoms with E-state index in [1.807, 2.05) is 0 Å². The number of halogens is 4.